The Morgan fingerprint density at radius 1 is 1.03 bits per heavy atom. The highest BCUT2D eigenvalue weighted by molar-refractivity contribution is 7.87. The zero-order chi connectivity index (χ0) is 27.0. The number of amides is 1. The summed E-state index contributed by atoms with van der Waals surface area (Å²) >= 11 is 0. The molecule has 0 radical (unpaired) electrons. The molecule has 9 heteroatoms. The Morgan fingerprint density at radius 3 is 2.39 bits per heavy atom. The van der Waals surface area contributed by atoms with Crippen molar-refractivity contribution >= 4 is 16.1 Å². The first-order valence-corrected chi connectivity index (χ1v) is 14.4. The molecule has 1 aliphatic rings. The van der Waals surface area contributed by atoms with E-state index < -0.39 is 10.2 Å². The van der Waals surface area contributed by atoms with Crippen LogP contribution in [0.4, 0.5) is 0 Å². The molecule has 0 atom stereocenters. The number of aromatic nitrogens is 1. The fourth-order valence-corrected chi connectivity index (χ4v) is 6.23. The molecule has 2 aromatic carbocycles. The van der Waals surface area contributed by atoms with Crippen LogP contribution >= 0.6 is 0 Å². The molecular formula is C29H36N4O4S. The quantitative estimate of drug-likeness (QED) is 0.389. The number of ether oxygens (including phenoxy) is 1. The molecular weight excluding hydrogens is 500 g/mol. The molecule has 3 aromatic rings. The highest BCUT2D eigenvalue weighted by Crippen LogP contribution is 2.39. The maximum atomic E-state index is 13.0. The van der Waals surface area contributed by atoms with Gasteiger partial charge in [0.2, 0.25) is 0 Å². The van der Waals surface area contributed by atoms with Gasteiger partial charge < -0.3 is 10.1 Å². The molecule has 0 bridgehead atoms. The molecule has 0 aliphatic heterocycles. The second-order valence-electron chi connectivity index (χ2n) is 9.82. The van der Waals surface area contributed by atoms with E-state index in [1.165, 1.54) is 4.31 Å². The van der Waals surface area contributed by atoms with Crippen molar-refractivity contribution in [1.82, 2.24) is 19.3 Å². The van der Waals surface area contributed by atoms with E-state index in [4.69, 9.17) is 4.74 Å². The van der Waals surface area contributed by atoms with Gasteiger partial charge in [-0.3, -0.25) is 9.78 Å². The number of nitrogens with zero attached hydrogens (tertiary/aromatic N) is 2. The predicted molar refractivity (Wildman–Crippen MR) is 148 cm³/mol. The van der Waals surface area contributed by atoms with Crippen molar-refractivity contribution < 1.29 is 17.9 Å². The minimum absolute atomic E-state index is 0.168. The molecule has 1 heterocycles. The monoisotopic (exact) mass is 536 g/mol. The number of methoxy groups -OCH3 is 1. The van der Waals surface area contributed by atoms with E-state index in [9.17, 15) is 13.2 Å². The minimum Gasteiger partial charge on any atom is -0.496 e. The van der Waals surface area contributed by atoms with Gasteiger partial charge in [-0.2, -0.15) is 17.4 Å². The molecule has 2 N–H and O–H groups in total. The molecule has 1 saturated carbocycles. The largest absolute Gasteiger partial charge is 0.496 e. The molecule has 0 spiro atoms. The lowest BCUT2D eigenvalue weighted by molar-refractivity contribution is 0.0932. The van der Waals surface area contributed by atoms with Crippen LogP contribution in [0.3, 0.4) is 0 Å². The molecule has 0 saturated heterocycles. The summed E-state index contributed by atoms with van der Waals surface area (Å²) < 4.78 is 35.6. The van der Waals surface area contributed by atoms with Crippen LogP contribution in [-0.4, -0.2) is 56.9 Å². The fraction of sp³-hybridized carbons (Fsp3) is 0.379. The van der Waals surface area contributed by atoms with Crippen molar-refractivity contribution in [3.05, 3.63) is 95.8 Å². The molecule has 1 fully saturated rings. The van der Waals surface area contributed by atoms with Gasteiger partial charge in [-0.1, -0.05) is 48.5 Å². The van der Waals surface area contributed by atoms with Crippen molar-refractivity contribution in [2.75, 3.05) is 27.2 Å². The normalized spacial score (nSPS) is 19.7. The summed E-state index contributed by atoms with van der Waals surface area (Å²) in [6, 6.07) is 22.8. The average Bonchev–Trinajstić information content (AvgIpc) is 2.96. The fourth-order valence-electron chi connectivity index (χ4n) is 5.06. The third-order valence-corrected chi connectivity index (χ3v) is 9.04. The number of pyridine rings is 1. The van der Waals surface area contributed by atoms with Gasteiger partial charge >= 0.3 is 0 Å². The zero-order valence-corrected chi connectivity index (χ0v) is 22.8. The summed E-state index contributed by atoms with van der Waals surface area (Å²) in [5, 5.41) is 3.12. The van der Waals surface area contributed by atoms with Crippen LogP contribution in [0, 0.1) is 0 Å². The highest BCUT2D eigenvalue weighted by Gasteiger charge is 2.38. The summed E-state index contributed by atoms with van der Waals surface area (Å²) in [7, 11) is -0.485. The van der Waals surface area contributed by atoms with E-state index in [0.717, 1.165) is 24.1 Å². The zero-order valence-electron chi connectivity index (χ0n) is 22.0. The number of para-hydroxylation sites is 1. The van der Waals surface area contributed by atoms with Gasteiger partial charge in [0.05, 0.1) is 12.7 Å². The van der Waals surface area contributed by atoms with Crippen LogP contribution in [0.25, 0.3) is 0 Å². The number of nitrogens with one attached hydrogen (secondary N) is 2. The number of carbonyl (C=O) groups is 1. The number of rotatable bonds is 11. The van der Waals surface area contributed by atoms with Gasteiger partial charge in [0.25, 0.3) is 16.1 Å². The Morgan fingerprint density at radius 2 is 1.71 bits per heavy atom. The summed E-state index contributed by atoms with van der Waals surface area (Å²) in [6.45, 7) is 0.805. The molecule has 1 aromatic heterocycles. The van der Waals surface area contributed by atoms with Gasteiger partial charge in [-0.25, -0.2) is 0 Å². The molecule has 8 nitrogen and oxygen atoms in total. The summed E-state index contributed by atoms with van der Waals surface area (Å²) in [5.74, 6) is 0.346. The number of likely N-dealkylation sites (N-methyl/N-ethyl adjacent to an activating group) is 1. The number of carbonyl (C=O) groups excluding carboxylic acids is 1. The van der Waals surface area contributed by atoms with Gasteiger partial charge in [0, 0.05) is 49.9 Å². The summed E-state index contributed by atoms with van der Waals surface area (Å²) in [6.07, 6.45) is 5.09. The van der Waals surface area contributed by atoms with E-state index >= 15 is 0 Å². The standard InChI is InChI=1S/C29H36N4O4S/c1-33(21-17-24-12-8-9-20-30-24)38(35,36)32-25-15-18-29(19-16-25,23-10-4-3-5-11-23)22-31-28(34)26-13-6-7-14-27(26)37-2/h3-14,20,25,32H,15-19,21-22H2,1-2H3,(H,31,34)/t25-,29-. The van der Waals surface area contributed by atoms with Crippen molar-refractivity contribution in [1.29, 1.82) is 0 Å². The van der Waals surface area contributed by atoms with Crippen LogP contribution in [0.2, 0.25) is 0 Å². The second kappa shape index (κ2) is 12.5. The van der Waals surface area contributed by atoms with Crippen molar-refractivity contribution in [3.8, 4) is 5.75 Å². The van der Waals surface area contributed by atoms with Gasteiger partial charge in [0.1, 0.15) is 5.75 Å². The van der Waals surface area contributed by atoms with Gasteiger partial charge in [-0.15, -0.1) is 0 Å². The van der Waals surface area contributed by atoms with Crippen LogP contribution in [-0.2, 0) is 22.0 Å². The Kier molecular flexibility index (Phi) is 9.14. The molecule has 202 valence electrons. The van der Waals surface area contributed by atoms with E-state index in [1.54, 1.807) is 32.5 Å². The first kappa shape index (κ1) is 27.8. The van der Waals surface area contributed by atoms with Crippen molar-refractivity contribution in [3.63, 3.8) is 0 Å². The van der Waals surface area contributed by atoms with Crippen molar-refractivity contribution in [2.45, 2.75) is 43.6 Å². The van der Waals surface area contributed by atoms with Crippen LogP contribution in [0.5, 0.6) is 5.75 Å². The van der Waals surface area contributed by atoms with Crippen LogP contribution < -0.4 is 14.8 Å². The number of benzene rings is 2. The van der Waals surface area contributed by atoms with Crippen LogP contribution in [0.1, 0.15) is 47.3 Å². The average molecular weight is 537 g/mol. The van der Waals surface area contributed by atoms with E-state index in [-0.39, 0.29) is 17.4 Å². The summed E-state index contributed by atoms with van der Waals surface area (Å²) in [4.78, 5) is 17.3. The lowest BCUT2D eigenvalue weighted by atomic mass is 9.68. The molecule has 1 aliphatic carbocycles. The topological polar surface area (TPSA) is 101 Å². The van der Waals surface area contributed by atoms with Gasteiger partial charge in [-0.05, 0) is 55.5 Å². The van der Waals surface area contributed by atoms with E-state index in [2.05, 4.69) is 27.2 Å². The summed E-state index contributed by atoms with van der Waals surface area (Å²) in [5.41, 5.74) is 2.21. The Hall–Kier alpha value is -3.27. The molecule has 1 amide bonds. The van der Waals surface area contributed by atoms with Crippen LogP contribution in [0.15, 0.2) is 79.0 Å². The maximum Gasteiger partial charge on any atom is 0.279 e. The predicted octanol–water partition coefficient (Wildman–Crippen LogP) is 3.71. The highest BCUT2D eigenvalue weighted by atomic mass is 32.2. The minimum atomic E-state index is -3.63. The lowest BCUT2D eigenvalue weighted by Gasteiger charge is -2.41. The molecule has 4 rings (SSSR count). The Balaban J connectivity index is 1.40. The SMILES string of the molecule is COc1ccccc1C(=O)NC[C@]1(c2ccccc2)CC[C@H](NS(=O)(=O)N(C)CCc2ccccn2)CC1. The number of hydrogen-bond acceptors (Lipinski definition) is 5. The Labute approximate surface area is 225 Å². The third-order valence-electron chi connectivity index (χ3n) is 7.40. The second-order valence-corrected chi connectivity index (χ2v) is 11.6. The van der Waals surface area contributed by atoms with Gasteiger partial charge in [0.15, 0.2) is 0 Å². The first-order chi connectivity index (χ1) is 18.3. The molecule has 38 heavy (non-hydrogen) atoms. The van der Waals surface area contributed by atoms with E-state index in [0.29, 0.717) is 43.7 Å². The number of hydrogen-bond donors (Lipinski definition) is 2. The smallest absolute Gasteiger partial charge is 0.279 e. The lowest BCUT2D eigenvalue weighted by Crippen LogP contribution is -2.50. The molecule has 0 unspecified atom stereocenters. The van der Waals surface area contributed by atoms with E-state index in [1.807, 2.05) is 48.5 Å². The first-order valence-electron chi connectivity index (χ1n) is 12.9. The van der Waals surface area contributed by atoms with Crippen molar-refractivity contribution in [2.24, 2.45) is 0 Å². The Bertz CT molecular complexity index is 1290. The third kappa shape index (κ3) is 6.78. The maximum absolute atomic E-state index is 13.0.